The Hall–Kier alpha value is -1.88. The van der Waals surface area contributed by atoms with Crippen LogP contribution in [0.15, 0.2) is 30.3 Å². The minimum absolute atomic E-state index is 0.188. The number of amides is 1. The molecule has 5 heteroatoms. The van der Waals surface area contributed by atoms with Crippen LogP contribution in [0.4, 0.5) is 0 Å². The Morgan fingerprint density at radius 2 is 1.90 bits per heavy atom. The van der Waals surface area contributed by atoms with Crippen LogP contribution in [0.2, 0.25) is 0 Å². The summed E-state index contributed by atoms with van der Waals surface area (Å²) in [6.07, 6.45) is 0.456. The van der Waals surface area contributed by atoms with Crippen molar-refractivity contribution in [2.45, 2.75) is 26.3 Å². The summed E-state index contributed by atoms with van der Waals surface area (Å²) in [6, 6.07) is 8.90. The molecule has 0 bridgehead atoms. The molecule has 0 saturated carbocycles. The van der Waals surface area contributed by atoms with Crippen molar-refractivity contribution in [3.05, 3.63) is 35.9 Å². The quantitative estimate of drug-likeness (QED) is 0.783. The van der Waals surface area contributed by atoms with Crippen molar-refractivity contribution in [1.29, 1.82) is 0 Å². The van der Waals surface area contributed by atoms with Gasteiger partial charge in [-0.1, -0.05) is 37.3 Å². The molecule has 20 heavy (non-hydrogen) atoms. The fourth-order valence-electron chi connectivity index (χ4n) is 1.97. The van der Waals surface area contributed by atoms with Crippen molar-refractivity contribution in [2.75, 3.05) is 13.1 Å². The molecule has 1 rings (SSSR count). The highest BCUT2D eigenvalue weighted by atomic mass is 16.4. The van der Waals surface area contributed by atoms with E-state index in [2.05, 4.69) is 0 Å². The van der Waals surface area contributed by atoms with Gasteiger partial charge in [-0.3, -0.25) is 9.59 Å². The number of carbonyl (C=O) groups is 2. The summed E-state index contributed by atoms with van der Waals surface area (Å²) in [5, 5.41) is 8.91. The minimum Gasteiger partial charge on any atom is -0.481 e. The Morgan fingerprint density at radius 1 is 1.30 bits per heavy atom. The van der Waals surface area contributed by atoms with Crippen LogP contribution >= 0.6 is 0 Å². The van der Waals surface area contributed by atoms with Gasteiger partial charge in [-0.25, -0.2) is 0 Å². The third-order valence-corrected chi connectivity index (χ3v) is 3.22. The van der Waals surface area contributed by atoms with Gasteiger partial charge in [-0.2, -0.15) is 0 Å². The molecule has 0 radical (unpaired) electrons. The number of aliphatic carboxylic acids is 1. The zero-order valence-electron chi connectivity index (χ0n) is 12.0. The Balaban J connectivity index is 2.63. The van der Waals surface area contributed by atoms with Crippen LogP contribution in [-0.2, 0) is 16.0 Å². The molecule has 2 atom stereocenters. The summed E-state index contributed by atoms with van der Waals surface area (Å²) in [4.78, 5) is 24.6. The predicted octanol–water partition coefficient (Wildman–Crippen LogP) is 1.13. The van der Waals surface area contributed by atoms with Crippen LogP contribution in [0, 0.1) is 5.92 Å². The van der Waals surface area contributed by atoms with Crippen LogP contribution in [0.5, 0.6) is 0 Å². The Bertz CT molecular complexity index is 448. The summed E-state index contributed by atoms with van der Waals surface area (Å²) < 4.78 is 0. The fraction of sp³-hybridized carbons (Fsp3) is 0.467. The van der Waals surface area contributed by atoms with Gasteiger partial charge in [0, 0.05) is 13.1 Å². The van der Waals surface area contributed by atoms with E-state index in [0.29, 0.717) is 13.0 Å². The zero-order valence-corrected chi connectivity index (χ0v) is 12.0. The molecule has 2 unspecified atom stereocenters. The lowest BCUT2D eigenvalue weighted by Gasteiger charge is -2.26. The minimum atomic E-state index is -0.909. The zero-order chi connectivity index (χ0) is 15.1. The first-order valence-electron chi connectivity index (χ1n) is 6.76. The van der Waals surface area contributed by atoms with Gasteiger partial charge >= 0.3 is 5.97 Å². The van der Waals surface area contributed by atoms with Crippen LogP contribution in [0.1, 0.15) is 19.4 Å². The molecule has 0 saturated heterocycles. The number of nitrogens with zero attached hydrogens (tertiary/aromatic N) is 1. The van der Waals surface area contributed by atoms with Gasteiger partial charge in [0.15, 0.2) is 0 Å². The maximum Gasteiger partial charge on any atom is 0.308 e. The maximum atomic E-state index is 12.2. The lowest BCUT2D eigenvalue weighted by atomic mass is 10.0. The van der Waals surface area contributed by atoms with E-state index in [0.717, 1.165) is 5.56 Å². The van der Waals surface area contributed by atoms with Gasteiger partial charge < -0.3 is 15.7 Å². The first-order chi connectivity index (χ1) is 9.45. The van der Waals surface area contributed by atoms with E-state index < -0.39 is 17.9 Å². The summed E-state index contributed by atoms with van der Waals surface area (Å²) in [6.45, 7) is 4.05. The number of carboxylic acids is 1. The second-order valence-electron chi connectivity index (χ2n) is 4.91. The molecule has 0 aliphatic rings. The molecule has 1 aromatic carbocycles. The topological polar surface area (TPSA) is 83.6 Å². The average Bonchev–Trinajstić information content (AvgIpc) is 2.44. The molecule has 0 aliphatic heterocycles. The molecule has 0 spiro atoms. The van der Waals surface area contributed by atoms with Crippen molar-refractivity contribution >= 4 is 11.9 Å². The fourth-order valence-corrected chi connectivity index (χ4v) is 1.97. The molecule has 1 amide bonds. The van der Waals surface area contributed by atoms with E-state index in [1.54, 1.807) is 6.92 Å². The SMILES string of the molecule is CCN(CC(C)C(=O)O)C(=O)C(N)Cc1ccccc1. The Morgan fingerprint density at radius 3 is 2.40 bits per heavy atom. The second-order valence-corrected chi connectivity index (χ2v) is 4.91. The van der Waals surface area contributed by atoms with Gasteiger partial charge in [0.2, 0.25) is 5.91 Å². The van der Waals surface area contributed by atoms with E-state index in [9.17, 15) is 9.59 Å². The van der Waals surface area contributed by atoms with Gasteiger partial charge in [0.1, 0.15) is 0 Å². The van der Waals surface area contributed by atoms with Crippen LogP contribution in [-0.4, -0.2) is 41.0 Å². The molecule has 0 heterocycles. The van der Waals surface area contributed by atoms with Crippen molar-refractivity contribution < 1.29 is 14.7 Å². The van der Waals surface area contributed by atoms with E-state index in [4.69, 9.17) is 10.8 Å². The van der Waals surface area contributed by atoms with E-state index >= 15 is 0 Å². The largest absolute Gasteiger partial charge is 0.481 e. The molecular weight excluding hydrogens is 256 g/mol. The number of nitrogens with two attached hydrogens (primary N) is 1. The molecule has 3 N–H and O–H groups in total. The third-order valence-electron chi connectivity index (χ3n) is 3.22. The second kappa shape index (κ2) is 7.65. The van der Waals surface area contributed by atoms with Crippen molar-refractivity contribution in [2.24, 2.45) is 11.7 Å². The number of benzene rings is 1. The number of rotatable bonds is 7. The molecule has 0 fully saturated rings. The van der Waals surface area contributed by atoms with Crippen LogP contribution < -0.4 is 5.73 Å². The van der Waals surface area contributed by atoms with Crippen LogP contribution in [0.3, 0.4) is 0 Å². The van der Waals surface area contributed by atoms with Gasteiger partial charge in [-0.05, 0) is 18.9 Å². The molecule has 0 aromatic heterocycles. The summed E-state index contributed by atoms with van der Waals surface area (Å²) in [7, 11) is 0. The highest BCUT2D eigenvalue weighted by Gasteiger charge is 2.23. The number of carbonyl (C=O) groups excluding carboxylic acids is 1. The molecule has 110 valence electrons. The number of carboxylic acid groups (broad SMARTS) is 1. The lowest BCUT2D eigenvalue weighted by molar-refractivity contribution is -0.143. The highest BCUT2D eigenvalue weighted by Crippen LogP contribution is 2.07. The number of likely N-dealkylation sites (N-methyl/N-ethyl adjacent to an activating group) is 1. The lowest BCUT2D eigenvalue weighted by Crippen LogP contribution is -2.47. The van der Waals surface area contributed by atoms with Gasteiger partial charge in [-0.15, -0.1) is 0 Å². The summed E-state index contributed by atoms with van der Waals surface area (Å²) >= 11 is 0. The average molecular weight is 278 g/mol. The standard InChI is InChI=1S/C15H22N2O3/c1-3-17(10-11(2)15(19)20)14(18)13(16)9-12-7-5-4-6-8-12/h4-8,11,13H,3,9-10,16H2,1-2H3,(H,19,20). The van der Waals surface area contributed by atoms with Crippen molar-refractivity contribution in [3.63, 3.8) is 0 Å². The normalized spacial score (nSPS) is 13.6. The molecule has 0 aliphatic carbocycles. The van der Waals surface area contributed by atoms with Gasteiger partial charge in [0.25, 0.3) is 0 Å². The van der Waals surface area contributed by atoms with E-state index in [1.807, 2.05) is 37.3 Å². The third kappa shape index (κ3) is 4.66. The van der Waals surface area contributed by atoms with E-state index in [1.165, 1.54) is 4.90 Å². The van der Waals surface area contributed by atoms with Crippen molar-refractivity contribution in [1.82, 2.24) is 4.90 Å². The predicted molar refractivity (Wildman–Crippen MR) is 77.2 cm³/mol. The maximum absolute atomic E-state index is 12.2. The van der Waals surface area contributed by atoms with E-state index in [-0.39, 0.29) is 12.5 Å². The first kappa shape index (κ1) is 16.2. The monoisotopic (exact) mass is 278 g/mol. The summed E-state index contributed by atoms with van der Waals surface area (Å²) in [5.41, 5.74) is 6.93. The number of hydrogen-bond donors (Lipinski definition) is 2. The molecule has 5 nitrogen and oxygen atoms in total. The highest BCUT2D eigenvalue weighted by molar-refractivity contribution is 5.82. The van der Waals surface area contributed by atoms with Crippen molar-refractivity contribution in [3.8, 4) is 0 Å². The number of hydrogen-bond acceptors (Lipinski definition) is 3. The molecule has 1 aromatic rings. The molecular formula is C15H22N2O3. The smallest absolute Gasteiger partial charge is 0.308 e. The van der Waals surface area contributed by atoms with Gasteiger partial charge in [0.05, 0.1) is 12.0 Å². The Labute approximate surface area is 119 Å². The Kier molecular flexibility index (Phi) is 6.18. The first-order valence-corrected chi connectivity index (χ1v) is 6.76. The summed E-state index contributed by atoms with van der Waals surface area (Å²) in [5.74, 6) is -1.71. The van der Waals surface area contributed by atoms with Crippen LogP contribution in [0.25, 0.3) is 0 Å².